The van der Waals surface area contributed by atoms with E-state index in [4.69, 9.17) is 5.73 Å². The summed E-state index contributed by atoms with van der Waals surface area (Å²) in [6.45, 7) is 1.91. The van der Waals surface area contributed by atoms with Crippen molar-refractivity contribution in [1.82, 2.24) is 9.78 Å². The van der Waals surface area contributed by atoms with Crippen LogP contribution in [0.5, 0.6) is 0 Å². The van der Waals surface area contributed by atoms with Gasteiger partial charge in [-0.05, 0) is 37.3 Å². The number of aryl methyl sites for hydroxylation is 1. The van der Waals surface area contributed by atoms with Crippen LogP contribution < -0.4 is 11.1 Å². The molecule has 0 radical (unpaired) electrons. The number of nitrogens with two attached hydrogens (primary N) is 1. The van der Waals surface area contributed by atoms with Crippen LogP contribution >= 0.6 is 0 Å². The molecular formula is C17H16N4O. The normalized spacial score (nSPS) is 10.4. The van der Waals surface area contributed by atoms with E-state index < -0.39 is 0 Å². The number of nitrogen functional groups attached to an aromatic ring is 1. The molecule has 5 nitrogen and oxygen atoms in total. The maximum Gasteiger partial charge on any atom is 0.276 e. The number of rotatable bonds is 3. The van der Waals surface area contributed by atoms with Crippen molar-refractivity contribution >= 4 is 17.3 Å². The van der Waals surface area contributed by atoms with Gasteiger partial charge in [0.15, 0.2) is 5.69 Å². The van der Waals surface area contributed by atoms with Gasteiger partial charge in [0.25, 0.3) is 5.91 Å². The summed E-state index contributed by atoms with van der Waals surface area (Å²) in [4.78, 5) is 12.3. The molecule has 3 aromatic rings. The number of hydrogen-bond donors (Lipinski definition) is 2. The van der Waals surface area contributed by atoms with E-state index in [2.05, 4.69) is 10.4 Å². The predicted molar refractivity (Wildman–Crippen MR) is 87.1 cm³/mol. The van der Waals surface area contributed by atoms with Crippen molar-refractivity contribution in [2.75, 3.05) is 11.1 Å². The number of carbonyl (C=O) groups excluding carboxylic acids is 1. The van der Waals surface area contributed by atoms with Crippen LogP contribution in [-0.2, 0) is 0 Å². The highest BCUT2D eigenvalue weighted by Crippen LogP contribution is 2.18. The molecule has 0 saturated carbocycles. The summed E-state index contributed by atoms with van der Waals surface area (Å²) < 4.78 is 1.74. The SMILES string of the molecule is Cc1cc(C(=O)Nc2ccccc2N)nn1-c1ccccc1. The number of carbonyl (C=O) groups is 1. The Morgan fingerprint density at radius 2 is 1.77 bits per heavy atom. The average Bonchev–Trinajstić information content (AvgIpc) is 2.92. The minimum Gasteiger partial charge on any atom is -0.397 e. The molecule has 110 valence electrons. The summed E-state index contributed by atoms with van der Waals surface area (Å²) in [5.41, 5.74) is 9.09. The predicted octanol–water partition coefficient (Wildman–Crippen LogP) is 3.02. The Hall–Kier alpha value is -3.08. The summed E-state index contributed by atoms with van der Waals surface area (Å²) >= 11 is 0. The van der Waals surface area contributed by atoms with Crippen molar-refractivity contribution in [1.29, 1.82) is 0 Å². The van der Waals surface area contributed by atoms with Gasteiger partial charge in [-0.3, -0.25) is 4.79 Å². The van der Waals surface area contributed by atoms with Gasteiger partial charge in [-0.1, -0.05) is 30.3 Å². The second kappa shape index (κ2) is 5.73. The van der Waals surface area contributed by atoms with Crippen LogP contribution in [0.3, 0.4) is 0 Å². The summed E-state index contributed by atoms with van der Waals surface area (Å²) in [6, 6.07) is 18.6. The quantitative estimate of drug-likeness (QED) is 0.729. The molecular weight excluding hydrogens is 276 g/mol. The Morgan fingerprint density at radius 3 is 2.50 bits per heavy atom. The molecule has 0 aliphatic carbocycles. The fourth-order valence-corrected chi connectivity index (χ4v) is 2.21. The van der Waals surface area contributed by atoms with Gasteiger partial charge in [-0.2, -0.15) is 5.10 Å². The number of hydrogen-bond acceptors (Lipinski definition) is 3. The maximum absolute atomic E-state index is 12.3. The Bertz CT molecular complexity index is 809. The molecule has 0 atom stereocenters. The first kappa shape index (κ1) is 13.9. The van der Waals surface area contributed by atoms with Gasteiger partial charge >= 0.3 is 0 Å². The van der Waals surface area contributed by atoms with Gasteiger partial charge < -0.3 is 11.1 Å². The first-order valence-electron chi connectivity index (χ1n) is 6.93. The molecule has 2 aromatic carbocycles. The second-order valence-electron chi connectivity index (χ2n) is 4.96. The second-order valence-corrected chi connectivity index (χ2v) is 4.96. The summed E-state index contributed by atoms with van der Waals surface area (Å²) in [5.74, 6) is -0.282. The van der Waals surface area contributed by atoms with E-state index in [-0.39, 0.29) is 5.91 Å². The van der Waals surface area contributed by atoms with Gasteiger partial charge in [0, 0.05) is 5.69 Å². The molecule has 0 fully saturated rings. The van der Waals surface area contributed by atoms with Gasteiger partial charge in [0.05, 0.1) is 17.1 Å². The zero-order valence-corrected chi connectivity index (χ0v) is 12.2. The molecule has 22 heavy (non-hydrogen) atoms. The lowest BCUT2D eigenvalue weighted by Gasteiger charge is -2.06. The molecule has 1 heterocycles. The minimum absolute atomic E-state index is 0.282. The molecule has 1 aromatic heterocycles. The lowest BCUT2D eigenvalue weighted by atomic mass is 10.2. The lowest BCUT2D eigenvalue weighted by molar-refractivity contribution is 0.102. The highest BCUT2D eigenvalue weighted by molar-refractivity contribution is 6.04. The van der Waals surface area contributed by atoms with Gasteiger partial charge in [0.1, 0.15) is 0 Å². The molecule has 0 spiro atoms. The molecule has 3 rings (SSSR count). The lowest BCUT2D eigenvalue weighted by Crippen LogP contribution is -2.14. The number of anilines is 2. The zero-order chi connectivity index (χ0) is 15.5. The fraction of sp³-hybridized carbons (Fsp3) is 0.0588. The number of amides is 1. The monoisotopic (exact) mass is 292 g/mol. The van der Waals surface area contributed by atoms with E-state index in [9.17, 15) is 4.79 Å². The minimum atomic E-state index is -0.282. The summed E-state index contributed by atoms with van der Waals surface area (Å²) in [5, 5.41) is 7.15. The van der Waals surface area contributed by atoms with Crippen LogP contribution in [-0.4, -0.2) is 15.7 Å². The Balaban J connectivity index is 1.87. The number of nitrogens with one attached hydrogen (secondary N) is 1. The first-order valence-corrected chi connectivity index (χ1v) is 6.93. The third-order valence-electron chi connectivity index (χ3n) is 3.33. The standard InChI is InChI=1S/C17H16N4O/c1-12-11-16(20-21(12)13-7-3-2-4-8-13)17(22)19-15-10-6-5-9-14(15)18/h2-11H,18H2,1H3,(H,19,22). The molecule has 0 saturated heterocycles. The smallest absolute Gasteiger partial charge is 0.276 e. The molecule has 3 N–H and O–H groups in total. The highest BCUT2D eigenvalue weighted by Gasteiger charge is 2.14. The van der Waals surface area contributed by atoms with Crippen LogP contribution in [0.25, 0.3) is 5.69 Å². The van der Waals surface area contributed by atoms with Crippen molar-refractivity contribution < 1.29 is 4.79 Å². The van der Waals surface area contributed by atoms with Crippen molar-refractivity contribution in [3.05, 3.63) is 72.1 Å². The van der Waals surface area contributed by atoms with Crippen LogP contribution in [0, 0.1) is 6.92 Å². The highest BCUT2D eigenvalue weighted by atomic mass is 16.2. The molecule has 0 unspecified atom stereocenters. The van der Waals surface area contributed by atoms with E-state index in [1.807, 2.05) is 49.4 Å². The van der Waals surface area contributed by atoms with E-state index in [1.165, 1.54) is 0 Å². The van der Waals surface area contributed by atoms with E-state index in [1.54, 1.807) is 22.9 Å². The van der Waals surface area contributed by atoms with E-state index in [0.717, 1.165) is 11.4 Å². The average molecular weight is 292 g/mol. The third kappa shape index (κ3) is 2.69. The zero-order valence-electron chi connectivity index (χ0n) is 12.2. The van der Waals surface area contributed by atoms with Gasteiger partial charge in [-0.15, -0.1) is 0 Å². The van der Waals surface area contributed by atoms with Crippen molar-refractivity contribution in [2.24, 2.45) is 0 Å². The first-order chi connectivity index (χ1) is 10.6. The fourth-order valence-electron chi connectivity index (χ4n) is 2.21. The molecule has 5 heteroatoms. The topological polar surface area (TPSA) is 72.9 Å². The van der Waals surface area contributed by atoms with E-state index >= 15 is 0 Å². The summed E-state index contributed by atoms with van der Waals surface area (Å²) in [6.07, 6.45) is 0. The van der Waals surface area contributed by atoms with E-state index in [0.29, 0.717) is 17.1 Å². The Labute approximate surface area is 128 Å². The van der Waals surface area contributed by atoms with Gasteiger partial charge in [-0.25, -0.2) is 4.68 Å². The molecule has 0 bridgehead atoms. The van der Waals surface area contributed by atoms with Crippen LogP contribution in [0.1, 0.15) is 16.2 Å². The largest absolute Gasteiger partial charge is 0.397 e. The van der Waals surface area contributed by atoms with Crippen LogP contribution in [0.15, 0.2) is 60.7 Å². The molecule has 0 aliphatic rings. The molecule has 0 aliphatic heterocycles. The number of aromatic nitrogens is 2. The Kier molecular flexibility index (Phi) is 3.62. The van der Waals surface area contributed by atoms with Gasteiger partial charge in [0.2, 0.25) is 0 Å². The van der Waals surface area contributed by atoms with Crippen molar-refractivity contribution in [3.8, 4) is 5.69 Å². The number of benzene rings is 2. The maximum atomic E-state index is 12.3. The van der Waals surface area contributed by atoms with Crippen molar-refractivity contribution in [2.45, 2.75) is 6.92 Å². The van der Waals surface area contributed by atoms with Crippen LogP contribution in [0.2, 0.25) is 0 Å². The number of para-hydroxylation sites is 3. The molecule has 1 amide bonds. The number of nitrogens with zero attached hydrogens (tertiary/aromatic N) is 2. The summed E-state index contributed by atoms with van der Waals surface area (Å²) in [7, 11) is 0. The van der Waals surface area contributed by atoms with Crippen molar-refractivity contribution in [3.63, 3.8) is 0 Å². The third-order valence-corrected chi connectivity index (χ3v) is 3.33. The Morgan fingerprint density at radius 1 is 1.09 bits per heavy atom. The van der Waals surface area contributed by atoms with Crippen LogP contribution in [0.4, 0.5) is 11.4 Å².